The molecule has 0 radical (unpaired) electrons. The second-order valence-electron chi connectivity index (χ2n) is 12.1. The molecule has 5 rings (SSSR count). The number of benzene rings is 1. The number of anilines is 3. The highest BCUT2D eigenvalue weighted by molar-refractivity contribution is 6.05. The average molecular weight is 599 g/mol. The zero-order valence-corrected chi connectivity index (χ0v) is 26.3. The number of carbonyl (C=O) groups is 1. The number of nitrogens with zero attached hydrogens (tertiary/aromatic N) is 4. The van der Waals surface area contributed by atoms with Crippen molar-refractivity contribution in [3.05, 3.63) is 65.7 Å². The van der Waals surface area contributed by atoms with Gasteiger partial charge in [0.15, 0.2) is 6.17 Å². The van der Waals surface area contributed by atoms with E-state index in [2.05, 4.69) is 56.7 Å². The number of hydrogen-bond donors (Lipinski definition) is 4. The fraction of sp³-hybridized carbons (Fsp3) is 0.500. The molecule has 1 aliphatic carbocycles. The van der Waals surface area contributed by atoms with E-state index in [1.54, 1.807) is 6.20 Å². The van der Waals surface area contributed by atoms with Crippen LogP contribution in [0.1, 0.15) is 64.4 Å². The number of piperidine rings is 2. The van der Waals surface area contributed by atoms with E-state index in [4.69, 9.17) is 9.73 Å². The Morgan fingerprint density at radius 1 is 1.18 bits per heavy atom. The zero-order chi connectivity index (χ0) is 31.1. The Bertz CT molecular complexity index is 1390. The standard InChI is InChI=1S/C34H46N8O2/c1-5-32(43)37-29-20-30(42-17-13-26(14-18-42)41-15-9-6-10-16-41)24(4)19-28(29)39-34-36-22-25(21-35)33(40-34)38-27-11-7-8-12-31(27)44-23(2)3/h5,7,11,19-20,22-23,26,33,38H,1,6,8-10,12-18H2,2-4H3,(H,37,43)(H2,36,39,40). The van der Waals surface area contributed by atoms with Crippen molar-refractivity contribution in [2.45, 2.75) is 84.0 Å². The van der Waals surface area contributed by atoms with Crippen LogP contribution >= 0.6 is 0 Å². The second-order valence-corrected chi connectivity index (χ2v) is 12.1. The van der Waals surface area contributed by atoms with Crippen LogP contribution in [0.25, 0.3) is 0 Å². The number of nitrogens with one attached hydrogen (secondary N) is 4. The fourth-order valence-corrected chi connectivity index (χ4v) is 6.37. The summed E-state index contributed by atoms with van der Waals surface area (Å²) in [4.78, 5) is 22.4. The number of nitriles is 1. The molecule has 1 atom stereocenters. The molecular formula is C34H46N8O2. The summed E-state index contributed by atoms with van der Waals surface area (Å²) in [5.74, 6) is 1.03. The van der Waals surface area contributed by atoms with Crippen LogP contribution in [0.2, 0.25) is 0 Å². The second kappa shape index (κ2) is 14.5. The average Bonchev–Trinajstić information content (AvgIpc) is 3.03. The number of carbonyl (C=O) groups excluding carboxylic acids is 1. The van der Waals surface area contributed by atoms with Crippen LogP contribution in [-0.2, 0) is 9.53 Å². The minimum absolute atomic E-state index is 0.0458. The number of likely N-dealkylation sites (tertiary alicyclic amines) is 1. The normalized spacial score (nSPS) is 21.2. The van der Waals surface area contributed by atoms with Crippen molar-refractivity contribution in [3.63, 3.8) is 0 Å². The number of ether oxygens (including phenoxy) is 1. The van der Waals surface area contributed by atoms with Gasteiger partial charge < -0.3 is 35.8 Å². The Morgan fingerprint density at radius 3 is 2.66 bits per heavy atom. The number of aryl methyl sites for hydroxylation is 1. The molecule has 10 heteroatoms. The highest BCUT2D eigenvalue weighted by atomic mass is 16.5. The van der Waals surface area contributed by atoms with Crippen LogP contribution in [0, 0.1) is 18.3 Å². The molecular weight excluding hydrogens is 552 g/mol. The Morgan fingerprint density at radius 2 is 1.95 bits per heavy atom. The molecule has 1 aromatic carbocycles. The third kappa shape index (κ3) is 7.64. The lowest BCUT2D eigenvalue weighted by Gasteiger charge is -2.41. The van der Waals surface area contributed by atoms with Crippen molar-refractivity contribution in [1.29, 1.82) is 5.26 Å². The molecule has 3 aliphatic heterocycles. The molecule has 3 heterocycles. The predicted octanol–water partition coefficient (Wildman–Crippen LogP) is 5.26. The summed E-state index contributed by atoms with van der Waals surface area (Å²) in [6.07, 6.45) is 14.4. The number of hydrogen-bond acceptors (Lipinski definition) is 9. The molecule has 0 aromatic heterocycles. The molecule has 0 spiro atoms. The minimum Gasteiger partial charge on any atom is -0.493 e. The molecule has 1 aromatic rings. The Kier molecular flexibility index (Phi) is 10.3. The summed E-state index contributed by atoms with van der Waals surface area (Å²) in [6.45, 7) is 14.2. The molecule has 2 saturated heterocycles. The van der Waals surface area contributed by atoms with Crippen LogP contribution < -0.4 is 26.2 Å². The smallest absolute Gasteiger partial charge is 0.247 e. The maximum Gasteiger partial charge on any atom is 0.247 e. The van der Waals surface area contributed by atoms with E-state index >= 15 is 0 Å². The first kappa shape index (κ1) is 31.2. The maximum atomic E-state index is 12.5. The third-order valence-electron chi connectivity index (χ3n) is 8.58. The summed E-state index contributed by atoms with van der Waals surface area (Å²) in [5, 5.41) is 22.7. The highest BCUT2D eigenvalue weighted by Gasteiger charge is 2.27. The van der Waals surface area contributed by atoms with E-state index in [1.807, 2.05) is 32.1 Å². The van der Waals surface area contributed by atoms with Crippen molar-refractivity contribution in [1.82, 2.24) is 15.5 Å². The largest absolute Gasteiger partial charge is 0.493 e. The third-order valence-corrected chi connectivity index (χ3v) is 8.58. The number of allylic oxidation sites excluding steroid dienone is 3. The van der Waals surface area contributed by atoms with Crippen molar-refractivity contribution in [2.24, 2.45) is 4.99 Å². The Balaban J connectivity index is 1.35. The topological polar surface area (TPSA) is 117 Å². The van der Waals surface area contributed by atoms with Gasteiger partial charge in [0.2, 0.25) is 11.9 Å². The van der Waals surface area contributed by atoms with E-state index in [0.717, 1.165) is 61.5 Å². The van der Waals surface area contributed by atoms with Crippen LogP contribution in [-0.4, -0.2) is 61.3 Å². The highest BCUT2D eigenvalue weighted by Crippen LogP contribution is 2.34. The molecule has 234 valence electrons. The van der Waals surface area contributed by atoms with Gasteiger partial charge in [0, 0.05) is 37.4 Å². The van der Waals surface area contributed by atoms with Gasteiger partial charge in [0.25, 0.3) is 0 Å². The molecule has 44 heavy (non-hydrogen) atoms. The maximum absolute atomic E-state index is 12.5. The van der Waals surface area contributed by atoms with E-state index in [-0.39, 0.29) is 12.0 Å². The molecule has 1 amide bonds. The van der Waals surface area contributed by atoms with Crippen LogP contribution in [0.3, 0.4) is 0 Å². The number of rotatable bonds is 9. The van der Waals surface area contributed by atoms with Crippen molar-refractivity contribution >= 4 is 28.9 Å². The number of aliphatic imine (C=N–C) groups is 1. The van der Waals surface area contributed by atoms with E-state index in [9.17, 15) is 10.1 Å². The van der Waals surface area contributed by atoms with Crippen LogP contribution in [0.15, 0.2) is 65.2 Å². The molecule has 10 nitrogen and oxygen atoms in total. The van der Waals surface area contributed by atoms with E-state index < -0.39 is 6.17 Å². The van der Waals surface area contributed by atoms with Crippen molar-refractivity contribution < 1.29 is 9.53 Å². The lowest BCUT2D eigenvalue weighted by atomic mass is 9.98. The molecule has 0 bridgehead atoms. The number of amides is 1. The monoisotopic (exact) mass is 598 g/mol. The zero-order valence-electron chi connectivity index (χ0n) is 26.3. The van der Waals surface area contributed by atoms with Gasteiger partial charge in [0.1, 0.15) is 11.8 Å². The SMILES string of the molecule is C=CC(=O)Nc1cc(N2CCC(N3CCCCC3)CC2)c(C)cc1NC1=NC(NC2=C(OC(C)C)CCC=C2)C(C#N)=CN1. The van der Waals surface area contributed by atoms with Gasteiger partial charge in [-0.3, -0.25) is 4.79 Å². The first-order chi connectivity index (χ1) is 21.3. The van der Waals surface area contributed by atoms with Crippen molar-refractivity contribution in [3.8, 4) is 6.07 Å². The van der Waals surface area contributed by atoms with Gasteiger partial charge in [-0.25, -0.2) is 4.99 Å². The van der Waals surface area contributed by atoms with E-state index in [0.29, 0.717) is 28.9 Å². The van der Waals surface area contributed by atoms with Gasteiger partial charge in [-0.2, -0.15) is 5.26 Å². The van der Waals surface area contributed by atoms with Crippen molar-refractivity contribution in [2.75, 3.05) is 41.7 Å². The minimum atomic E-state index is -0.611. The lowest BCUT2D eigenvalue weighted by Crippen LogP contribution is -2.46. The molecule has 4 aliphatic rings. The van der Waals surface area contributed by atoms with Crippen LogP contribution in [0.5, 0.6) is 0 Å². The summed E-state index contributed by atoms with van der Waals surface area (Å²) in [7, 11) is 0. The quantitative estimate of drug-likeness (QED) is 0.285. The Labute approximate surface area is 261 Å². The van der Waals surface area contributed by atoms with Gasteiger partial charge in [-0.15, -0.1) is 0 Å². The predicted molar refractivity (Wildman–Crippen MR) is 177 cm³/mol. The van der Waals surface area contributed by atoms with Gasteiger partial charge in [-0.1, -0.05) is 19.1 Å². The first-order valence-electron chi connectivity index (χ1n) is 16.0. The van der Waals surface area contributed by atoms with Gasteiger partial charge >= 0.3 is 0 Å². The first-order valence-corrected chi connectivity index (χ1v) is 16.0. The summed E-state index contributed by atoms with van der Waals surface area (Å²) < 4.78 is 6.04. The molecule has 4 N–H and O–H groups in total. The van der Waals surface area contributed by atoms with E-state index in [1.165, 1.54) is 38.4 Å². The molecule has 2 fully saturated rings. The van der Waals surface area contributed by atoms with Gasteiger partial charge in [0.05, 0.1) is 28.7 Å². The van der Waals surface area contributed by atoms with Gasteiger partial charge in [-0.05, 0) is 95.8 Å². The summed E-state index contributed by atoms with van der Waals surface area (Å²) >= 11 is 0. The van der Waals surface area contributed by atoms with Crippen LogP contribution in [0.4, 0.5) is 17.1 Å². The number of guanidine groups is 1. The summed E-state index contributed by atoms with van der Waals surface area (Å²) in [5.41, 5.74) is 4.83. The molecule has 0 saturated carbocycles. The lowest BCUT2D eigenvalue weighted by molar-refractivity contribution is -0.111. The summed E-state index contributed by atoms with van der Waals surface area (Å²) in [6, 6.07) is 6.99. The molecule has 1 unspecified atom stereocenters. The fourth-order valence-electron chi connectivity index (χ4n) is 6.37. The Hall–Kier alpha value is -4.23.